The number of thiophene rings is 1. The molecule has 2 aromatic rings. The molecule has 0 amide bonds. The van der Waals surface area contributed by atoms with E-state index >= 15 is 0 Å². The smallest absolute Gasteiger partial charge is 0.119 e. The SMILES string of the molecule is COc1ccc(-c2ccc(C)s2)c(CNC(C)C)c1. The fraction of sp³-hybridized carbons (Fsp3) is 0.375. The molecule has 1 aromatic heterocycles. The van der Waals surface area contributed by atoms with E-state index in [9.17, 15) is 0 Å². The molecule has 19 heavy (non-hydrogen) atoms. The monoisotopic (exact) mass is 275 g/mol. The van der Waals surface area contributed by atoms with Crippen molar-refractivity contribution in [1.29, 1.82) is 0 Å². The van der Waals surface area contributed by atoms with Gasteiger partial charge in [-0.1, -0.05) is 13.8 Å². The molecule has 0 radical (unpaired) electrons. The van der Waals surface area contributed by atoms with Crippen LogP contribution in [-0.4, -0.2) is 13.2 Å². The molecule has 1 N–H and O–H groups in total. The normalized spacial score (nSPS) is 11.0. The van der Waals surface area contributed by atoms with Gasteiger partial charge in [-0.15, -0.1) is 11.3 Å². The molecule has 0 saturated heterocycles. The van der Waals surface area contributed by atoms with Crippen LogP contribution in [0.3, 0.4) is 0 Å². The number of ether oxygens (including phenoxy) is 1. The Labute approximate surface area is 119 Å². The summed E-state index contributed by atoms with van der Waals surface area (Å²) in [6.07, 6.45) is 0. The van der Waals surface area contributed by atoms with Crippen LogP contribution in [0.1, 0.15) is 24.3 Å². The maximum atomic E-state index is 5.33. The lowest BCUT2D eigenvalue weighted by Crippen LogP contribution is -2.22. The molecule has 2 nitrogen and oxygen atoms in total. The molecule has 0 atom stereocenters. The first-order valence-corrected chi connectivity index (χ1v) is 7.39. The summed E-state index contributed by atoms with van der Waals surface area (Å²) in [5, 5.41) is 3.48. The van der Waals surface area contributed by atoms with Crippen molar-refractivity contribution in [2.45, 2.75) is 33.4 Å². The Morgan fingerprint density at radius 2 is 2.00 bits per heavy atom. The lowest BCUT2D eigenvalue weighted by atomic mass is 10.1. The Morgan fingerprint density at radius 1 is 1.21 bits per heavy atom. The van der Waals surface area contributed by atoms with Gasteiger partial charge in [0.15, 0.2) is 0 Å². The Kier molecular flexibility index (Phi) is 4.61. The third-order valence-corrected chi connectivity index (χ3v) is 4.05. The highest BCUT2D eigenvalue weighted by molar-refractivity contribution is 7.15. The van der Waals surface area contributed by atoms with E-state index in [1.54, 1.807) is 7.11 Å². The molecule has 0 fully saturated rings. The molecular formula is C16H21NOS. The second-order valence-corrected chi connectivity index (χ2v) is 6.26. The van der Waals surface area contributed by atoms with Crippen molar-refractivity contribution >= 4 is 11.3 Å². The summed E-state index contributed by atoms with van der Waals surface area (Å²) in [7, 11) is 1.71. The second kappa shape index (κ2) is 6.22. The van der Waals surface area contributed by atoms with Crippen LogP contribution in [0.25, 0.3) is 10.4 Å². The van der Waals surface area contributed by atoms with Crippen LogP contribution in [0.2, 0.25) is 0 Å². The summed E-state index contributed by atoms with van der Waals surface area (Å²) in [6.45, 7) is 7.33. The van der Waals surface area contributed by atoms with E-state index in [-0.39, 0.29) is 0 Å². The molecule has 1 aromatic carbocycles. The van der Waals surface area contributed by atoms with Gasteiger partial charge in [0.1, 0.15) is 5.75 Å². The van der Waals surface area contributed by atoms with E-state index in [2.05, 4.69) is 50.4 Å². The van der Waals surface area contributed by atoms with Gasteiger partial charge in [0.2, 0.25) is 0 Å². The molecule has 3 heteroatoms. The van der Waals surface area contributed by atoms with Gasteiger partial charge in [0.25, 0.3) is 0 Å². The predicted molar refractivity (Wildman–Crippen MR) is 83.0 cm³/mol. The fourth-order valence-corrected chi connectivity index (χ4v) is 2.91. The average molecular weight is 275 g/mol. The van der Waals surface area contributed by atoms with Crippen molar-refractivity contribution in [3.8, 4) is 16.2 Å². The molecule has 2 rings (SSSR count). The van der Waals surface area contributed by atoms with E-state index in [0.717, 1.165) is 12.3 Å². The molecule has 0 aliphatic rings. The first-order chi connectivity index (χ1) is 9.10. The summed E-state index contributed by atoms with van der Waals surface area (Å²) in [5.74, 6) is 0.914. The highest BCUT2D eigenvalue weighted by Crippen LogP contribution is 2.32. The number of aryl methyl sites for hydroxylation is 1. The second-order valence-electron chi connectivity index (χ2n) is 4.97. The number of rotatable bonds is 5. The van der Waals surface area contributed by atoms with E-state index in [1.807, 2.05) is 17.4 Å². The van der Waals surface area contributed by atoms with Gasteiger partial charge in [-0.2, -0.15) is 0 Å². The van der Waals surface area contributed by atoms with Crippen molar-refractivity contribution in [3.05, 3.63) is 40.8 Å². The molecule has 0 bridgehead atoms. The van der Waals surface area contributed by atoms with Gasteiger partial charge in [-0.3, -0.25) is 0 Å². The van der Waals surface area contributed by atoms with Gasteiger partial charge < -0.3 is 10.1 Å². The zero-order valence-electron chi connectivity index (χ0n) is 12.0. The molecule has 0 unspecified atom stereocenters. The number of nitrogens with one attached hydrogen (secondary N) is 1. The third kappa shape index (κ3) is 3.58. The number of benzene rings is 1. The first-order valence-electron chi connectivity index (χ1n) is 6.57. The lowest BCUT2D eigenvalue weighted by molar-refractivity contribution is 0.414. The van der Waals surface area contributed by atoms with E-state index in [1.165, 1.54) is 20.9 Å². The van der Waals surface area contributed by atoms with Gasteiger partial charge in [-0.25, -0.2) is 0 Å². The Balaban J connectivity index is 2.35. The maximum absolute atomic E-state index is 5.33. The lowest BCUT2D eigenvalue weighted by Gasteiger charge is -2.13. The molecule has 0 saturated carbocycles. The van der Waals surface area contributed by atoms with Crippen LogP contribution in [0.4, 0.5) is 0 Å². The van der Waals surface area contributed by atoms with Crippen LogP contribution in [0.15, 0.2) is 30.3 Å². The number of hydrogen-bond acceptors (Lipinski definition) is 3. The quantitative estimate of drug-likeness (QED) is 0.881. The third-order valence-electron chi connectivity index (χ3n) is 3.02. The highest BCUT2D eigenvalue weighted by atomic mass is 32.1. The molecule has 0 spiro atoms. The summed E-state index contributed by atoms with van der Waals surface area (Å²) in [5.41, 5.74) is 2.59. The largest absolute Gasteiger partial charge is 0.497 e. The van der Waals surface area contributed by atoms with E-state index in [4.69, 9.17) is 4.74 Å². The molecule has 102 valence electrons. The van der Waals surface area contributed by atoms with E-state index in [0.29, 0.717) is 6.04 Å². The fourth-order valence-electron chi connectivity index (χ4n) is 1.98. The Hall–Kier alpha value is -1.32. The standard InChI is InChI=1S/C16H21NOS/c1-11(2)17-10-13-9-14(18-4)6-7-15(13)16-8-5-12(3)19-16/h5-9,11,17H,10H2,1-4H3. The summed E-state index contributed by atoms with van der Waals surface area (Å²) in [6, 6.07) is 11.2. The summed E-state index contributed by atoms with van der Waals surface area (Å²) < 4.78 is 5.33. The van der Waals surface area contributed by atoms with Gasteiger partial charge in [0.05, 0.1) is 7.11 Å². The Bertz CT molecular complexity index is 545. The summed E-state index contributed by atoms with van der Waals surface area (Å²) >= 11 is 1.83. The zero-order valence-corrected chi connectivity index (χ0v) is 12.8. The van der Waals surface area contributed by atoms with Crippen molar-refractivity contribution in [2.75, 3.05) is 7.11 Å². The van der Waals surface area contributed by atoms with Gasteiger partial charge >= 0.3 is 0 Å². The van der Waals surface area contributed by atoms with Gasteiger partial charge in [-0.05, 0) is 48.4 Å². The van der Waals surface area contributed by atoms with Crippen LogP contribution in [0.5, 0.6) is 5.75 Å². The number of methoxy groups -OCH3 is 1. The predicted octanol–water partition coefficient (Wildman–Crippen LogP) is 4.23. The average Bonchev–Trinajstić information content (AvgIpc) is 2.82. The van der Waals surface area contributed by atoms with Gasteiger partial charge in [0, 0.05) is 22.3 Å². The van der Waals surface area contributed by atoms with E-state index < -0.39 is 0 Å². The molecule has 0 aliphatic carbocycles. The minimum Gasteiger partial charge on any atom is -0.497 e. The van der Waals surface area contributed by atoms with Crippen molar-refractivity contribution in [3.63, 3.8) is 0 Å². The first kappa shape index (κ1) is 14.1. The van der Waals surface area contributed by atoms with Crippen molar-refractivity contribution < 1.29 is 4.74 Å². The van der Waals surface area contributed by atoms with Crippen molar-refractivity contribution in [1.82, 2.24) is 5.32 Å². The van der Waals surface area contributed by atoms with Crippen LogP contribution in [-0.2, 0) is 6.54 Å². The summed E-state index contributed by atoms with van der Waals surface area (Å²) in [4.78, 5) is 2.66. The molecule has 0 aliphatic heterocycles. The highest BCUT2D eigenvalue weighted by Gasteiger charge is 2.09. The van der Waals surface area contributed by atoms with Crippen molar-refractivity contribution in [2.24, 2.45) is 0 Å². The molecule has 1 heterocycles. The van der Waals surface area contributed by atoms with Crippen LogP contribution in [0, 0.1) is 6.92 Å². The van der Waals surface area contributed by atoms with Crippen LogP contribution >= 0.6 is 11.3 Å². The maximum Gasteiger partial charge on any atom is 0.119 e. The topological polar surface area (TPSA) is 21.3 Å². The molecular weight excluding hydrogens is 254 g/mol. The number of hydrogen-bond donors (Lipinski definition) is 1. The Morgan fingerprint density at radius 3 is 2.58 bits per heavy atom. The zero-order chi connectivity index (χ0) is 13.8. The minimum absolute atomic E-state index is 0.476. The minimum atomic E-state index is 0.476. The van der Waals surface area contributed by atoms with Crippen LogP contribution < -0.4 is 10.1 Å².